The number of rotatable bonds is 9. The molecule has 3 N–H and O–H groups in total. The van der Waals surface area contributed by atoms with Crippen molar-refractivity contribution in [2.75, 3.05) is 32.8 Å². The Kier molecular flexibility index (Phi) is 7.05. The molecule has 0 spiro atoms. The minimum Gasteiger partial charge on any atom is -0.493 e. The molecule has 9 heteroatoms. The molecule has 0 aliphatic rings. The lowest BCUT2D eigenvalue weighted by molar-refractivity contribution is -0.120. The van der Waals surface area contributed by atoms with Crippen LogP contribution in [0.15, 0.2) is 36.4 Å². The van der Waals surface area contributed by atoms with Gasteiger partial charge in [0.05, 0.1) is 14.2 Å². The number of nitrogens with one attached hydrogen (secondary N) is 1. The van der Waals surface area contributed by atoms with E-state index in [-0.39, 0.29) is 36.0 Å². The van der Waals surface area contributed by atoms with Crippen LogP contribution in [0.5, 0.6) is 23.0 Å². The molecule has 2 aromatic rings. The summed E-state index contributed by atoms with van der Waals surface area (Å²) < 4.78 is 20.9. The number of hydrogen-bond acceptors (Lipinski definition) is 7. The van der Waals surface area contributed by atoms with Gasteiger partial charge in [0.2, 0.25) is 5.75 Å². The Labute approximate surface area is 161 Å². The Balaban J connectivity index is 2.20. The SMILES string of the molecule is COc1cc(C(=O)Nc2ccc(OCC#N)cc2)cc(OC)c1OCC(N)=O. The third-order valence-electron chi connectivity index (χ3n) is 3.50. The number of nitrogens with two attached hydrogens (primary N) is 1. The van der Waals surface area contributed by atoms with E-state index in [0.29, 0.717) is 11.4 Å². The van der Waals surface area contributed by atoms with Crippen LogP contribution < -0.4 is 30.0 Å². The van der Waals surface area contributed by atoms with Gasteiger partial charge in [-0.05, 0) is 36.4 Å². The van der Waals surface area contributed by atoms with Crippen molar-refractivity contribution in [3.05, 3.63) is 42.0 Å². The lowest BCUT2D eigenvalue weighted by Crippen LogP contribution is -2.20. The van der Waals surface area contributed by atoms with Crippen molar-refractivity contribution in [1.29, 1.82) is 5.26 Å². The lowest BCUT2D eigenvalue weighted by atomic mass is 10.1. The third kappa shape index (κ3) is 5.28. The van der Waals surface area contributed by atoms with Crippen LogP contribution in [-0.2, 0) is 4.79 Å². The fraction of sp³-hybridized carbons (Fsp3) is 0.211. The molecule has 9 nitrogen and oxygen atoms in total. The predicted octanol–water partition coefficient (Wildman–Crippen LogP) is 1.72. The maximum absolute atomic E-state index is 12.6. The zero-order chi connectivity index (χ0) is 20.5. The van der Waals surface area contributed by atoms with Crippen LogP contribution in [0.25, 0.3) is 0 Å². The summed E-state index contributed by atoms with van der Waals surface area (Å²) in [6.45, 7) is -0.423. The normalized spacial score (nSPS) is 9.75. The first kappa shape index (κ1) is 20.4. The van der Waals surface area contributed by atoms with E-state index in [4.69, 9.17) is 29.9 Å². The Bertz CT molecular complexity index is 865. The standard InChI is InChI=1S/C19H19N3O6/c1-25-15-9-12(10-16(26-2)18(15)28-11-17(21)23)19(24)22-13-3-5-14(6-4-13)27-8-7-20/h3-6,9-10H,8,11H2,1-2H3,(H2,21,23)(H,22,24). The first-order chi connectivity index (χ1) is 13.5. The number of amides is 2. The first-order valence-corrected chi connectivity index (χ1v) is 8.06. The van der Waals surface area contributed by atoms with E-state index >= 15 is 0 Å². The van der Waals surface area contributed by atoms with Crippen LogP contribution in [-0.4, -0.2) is 39.2 Å². The summed E-state index contributed by atoms with van der Waals surface area (Å²) in [4.78, 5) is 23.5. The topological polar surface area (TPSA) is 133 Å². The molecular weight excluding hydrogens is 366 g/mol. The molecule has 0 aromatic heterocycles. The van der Waals surface area contributed by atoms with E-state index in [9.17, 15) is 9.59 Å². The van der Waals surface area contributed by atoms with Gasteiger partial charge in [-0.2, -0.15) is 5.26 Å². The summed E-state index contributed by atoms with van der Waals surface area (Å²) in [6, 6.07) is 11.3. The lowest BCUT2D eigenvalue weighted by Gasteiger charge is -2.15. The monoisotopic (exact) mass is 385 g/mol. The molecule has 0 radical (unpaired) electrons. The molecular formula is C19H19N3O6. The predicted molar refractivity (Wildman–Crippen MR) is 99.7 cm³/mol. The van der Waals surface area contributed by atoms with Gasteiger partial charge in [-0.15, -0.1) is 0 Å². The number of methoxy groups -OCH3 is 2. The summed E-state index contributed by atoms with van der Waals surface area (Å²) in [6.07, 6.45) is 0. The van der Waals surface area contributed by atoms with Crippen molar-refractivity contribution < 1.29 is 28.5 Å². The molecule has 0 heterocycles. The molecule has 2 amide bonds. The molecule has 2 aromatic carbocycles. The van der Waals surface area contributed by atoms with Gasteiger partial charge in [0.15, 0.2) is 24.7 Å². The van der Waals surface area contributed by atoms with Crippen LogP contribution >= 0.6 is 0 Å². The molecule has 0 fully saturated rings. The second kappa shape index (κ2) is 9.68. The van der Waals surface area contributed by atoms with Crippen molar-refractivity contribution in [3.63, 3.8) is 0 Å². The minimum atomic E-state index is -0.659. The molecule has 0 saturated carbocycles. The van der Waals surface area contributed by atoms with Crippen LogP contribution in [0.1, 0.15) is 10.4 Å². The molecule has 0 saturated heterocycles. The van der Waals surface area contributed by atoms with Crippen molar-refractivity contribution in [2.45, 2.75) is 0 Å². The van der Waals surface area contributed by atoms with Gasteiger partial charge in [0.1, 0.15) is 11.8 Å². The number of nitrogens with zero attached hydrogens (tertiary/aromatic N) is 1. The van der Waals surface area contributed by atoms with Crippen molar-refractivity contribution >= 4 is 17.5 Å². The maximum Gasteiger partial charge on any atom is 0.255 e. The van der Waals surface area contributed by atoms with Crippen LogP contribution in [0.3, 0.4) is 0 Å². The summed E-state index contributed by atoms with van der Waals surface area (Å²) >= 11 is 0. The number of ether oxygens (including phenoxy) is 4. The number of hydrogen-bond donors (Lipinski definition) is 2. The highest BCUT2D eigenvalue weighted by Crippen LogP contribution is 2.38. The molecule has 146 valence electrons. The van der Waals surface area contributed by atoms with Crippen molar-refractivity contribution in [1.82, 2.24) is 0 Å². The Morgan fingerprint density at radius 1 is 1.07 bits per heavy atom. The largest absolute Gasteiger partial charge is 0.493 e. The van der Waals surface area contributed by atoms with Gasteiger partial charge in [-0.1, -0.05) is 0 Å². The average Bonchev–Trinajstić information content (AvgIpc) is 2.70. The highest BCUT2D eigenvalue weighted by Gasteiger charge is 2.18. The van der Waals surface area contributed by atoms with Crippen LogP contribution in [0, 0.1) is 11.3 Å². The van der Waals surface area contributed by atoms with Gasteiger partial charge < -0.3 is 30.0 Å². The number of benzene rings is 2. The van der Waals surface area contributed by atoms with E-state index < -0.39 is 11.8 Å². The Hall–Kier alpha value is -3.93. The summed E-state index contributed by atoms with van der Waals surface area (Å²) in [5.74, 6) is 0.0343. The van der Waals surface area contributed by atoms with Gasteiger partial charge in [-0.25, -0.2) is 0 Å². The smallest absolute Gasteiger partial charge is 0.255 e. The summed E-state index contributed by atoms with van der Waals surface area (Å²) in [7, 11) is 2.79. The van der Waals surface area contributed by atoms with Crippen LogP contribution in [0.4, 0.5) is 5.69 Å². The van der Waals surface area contributed by atoms with E-state index in [1.807, 2.05) is 6.07 Å². The summed E-state index contributed by atoms with van der Waals surface area (Å²) in [5, 5.41) is 11.2. The average molecular weight is 385 g/mol. The quantitative estimate of drug-likeness (QED) is 0.671. The Morgan fingerprint density at radius 3 is 2.18 bits per heavy atom. The fourth-order valence-corrected chi connectivity index (χ4v) is 2.25. The van der Waals surface area contributed by atoms with Gasteiger partial charge in [0, 0.05) is 11.3 Å². The summed E-state index contributed by atoms with van der Waals surface area (Å²) in [5.41, 5.74) is 5.87. The number of carbonyl (C=O) groups excluding carboxylic acids is 2. The zero-order valence-electron chi connectivity index (χ0n) is 15.4. The van der Waals surface area contributed by atoms with Gasteiger partial charge in [0.25, 0.3) is 11.8 Å². The highest BCUT2D eigenvalue weighted by atomic mass is 16.5. The van der Waals surface area contributed by atoms with E-state index in [0.717, 1.165) is 0 Å². The second-order valence-electron chi connectivity index (χ2n) is 5.39. The minimum absolute atomic E-state index is 0.0601. The molecule has 0 aliphatic carbocycles. The number of primary amides is 1. The van der Waals surface area contributed by atoms with E-state index in [2.05, 4.69) is 5.32 Å². The second-order valence-corrected chi connectivity index (χ2v) is 5.39. The number of carbonyl (C=O) groups is 2. The molecule has 28 heavy (non-hydrogen) atoms. The van der Waals surface area contributed by atoms with E-state index in [1.54, 1.807) is 24.3 Å². The molecule has 2 rings (SSSR count). The van der Waals surface area contributed by atoms with Gasteiger partial charge >= 0.3 is 0 Å². The third-order valence-corrected chi connectivity index (χ3v) is 3.50. The van der Waals surface area contributed by atoms with Gasteiger partial charge in [-0.3, -0.25) is 9.59 Å². The van der Waals surface area contributed by atoms with E-state index in [1.165, 1.54) is 26.4 Å². The Morgan fingerprint density at radius 2 is 1.68 bits per heavy atom. The molecule has 0 bridgehead atoms. The van der Waals surface area contributed by atoms with Crippen LogP contribution in [0.2, 0.25) is 0 Å². The molecule has 0 unspecified atom stereocenters. The molecule has 0 atom stereocenters. The number of anilines is 1. The zero-order valence-corrected chi connectivity index (χ0v) is 15.4. The van der Waals surface area contributed by atoms with Crippen molar-refractivity contribution in [2.24, 2.45) is 5.73 Å². The molecule has 0 aliphatic heterocycles. The fourth-order valence-electron chi connectivity index (χ4n) is 2.25. The maximum atomic E-state index is 12.6. The highest BCUT2D eigenvalue weighted by molar-refractivity contribution is 6.05. The van der Waals surface area contributed by atoms with Crippen molar-refractivity contribution in [3.8, 4) is 29.1 Å². The first-order valence-electron chi connectivity index (χ1n) is 8.06. The number of nitriles is 1.